The largest absolute Gasteiger partial charge is 0.496 e. The summed E-state index contributed by atoms with van der Waals surface area (Å²) >= 11 is 0. The Labute approximate surface area is 83.3 Å². The Bertz CT molecular complexity index is 374. The second-order valence-corrected chi connectivity index (χ2v) is 3.45. The van der Waals surface area contributed by atoms with Crippen LogP contribution in [-0.4, -0.2) is 19.6 Å². The standard InChI is InChI=1S/C11H13NO2/c1-8-7-9(3-4-10(8)14-2)12-6-5-11(12)13/h3-4,7H,5-6H2,1-2H3. The quantitative estimate of drug-likeness (QED) is 0.666. The van der Waals surface area contributed by atoms with Gasteiger partial charge in [-0.1, -0.05) is 0 Å². The molecule has 3 heteroatoms. The van der Waals surface area contributed by atoms with Crippen molar-refractivity contribution in [3.63, 3.8) is 0 Å². The van der Waals surface area contributed by atoms with E-state index in [1.54, 1.807) is 12.0 Å². The van der Waals surface area contributed by atoms with E-state index in [4.69, 9.17) is 4.74 Å². The van der Waals surface area contributed by atoms with Crippen LogP contribution in [0.25, 0.3) is 0 Å². The molecule has 14 heavy (non-hydrogen) atoms. The number of aryl methyl sites for hydroxylation is 1. The number of hydrogen-bond acceptors (Lipinski definition) is 2. The van der Waals surface area contributed by atoms with Gasteiger partial charge in [-0.05, 0) is 30.7 Å². The molecule has 0 saturated carbocycles. The van der Waals surface area contributed by atoms with Crippen molar-refractivity contribution in [2.75, 3.05) is 18.6 Å². The molecule has 1 amide bonds. The average molecular weight is 191 g/mol. The number of hydrogen-bond donors (Lipinski definition) is 0. The third-order valence-corrected chi connectivity index (χ3v) is 2.54. The molecule has 0 bridgehead atoms. The Morgan fingerprint density at radius 3 is 2.64 bits per heavy atom. The lowest BCUT2D eigenvalue weighted by Gasteiger charge is -2.31. The van der Waals surface area contributed by atoms with Crippen molar-refractivity contribution in [1.82, 2.24) is 0 Å². The molecule has 1 aromatic rings. The zero-order chi connectivity index (χ0) is 10.1. The Morgan fingerprint density at radius 1 is 1.43 bits per heavy atom. The number of ether oxygens (including phenoxy) is 1. The lowest BCUT2D eigenvalue weighted by Crippen LogP contribution is -2.43. The molecule has 1 aliphatic heterocycles. The van der Waals surface area contributed by atoms with Gasteiger partial charge in [0.2, 0.25) is 5.91 Å². The molecule has 0 aliphatic carbocycles. The number of carbonyl (C=O) groups is 1. The minimum Gasteiger partial charge on any atom is -0.496 e. The van der Waals surface area contributed by atoms with E-state index >= 15 is 0 Å². The maximum absolute atomic E-state index is 11.2. The molecular weight excluding hydrogens is 178 g/mol. The number of benzene rings is 1. The highest BCUT2D eigenvalue weighted by atomic mass is 16.5. The predicted octanol–water partition coefficient (Wildman–Crippen LogP) is 1.74. The van der Waals surface area contributed by atoms with Crippen LogP contribution in [0.3, 0.4) is 0 Å². The molecule has 0 atom stereocenters. The summed E-state index contributed by atoms with van der Waals surface area (Å²) in [6.07, 6.45) is 0.672. The normalized spacial score (nSPS) is 15.3. The van der Waals surface area contributed by atoms with E-state index in [0.717, 1.165) is 23.5 Å². The van der Waals surface area contributed by atoms with Gasteiger partial charge in [0.1, 0.15) is 5.75 Å². The molecule has 1 aromatic carbocycles. The molecule has 1 saturated heterocycles. The molecule has 0 unspecified atom stereocenters. The van der Waals surface area contributed by atoms with Crippen LogP contribution >= 0.6 is 0 Å². The van der Waals surface area contributed by atoms with Crippen LogP contribution in [0.2, 0.25) is 0 Å². The van der Waals surface area contributed by atoms with Crippen molar-refractivity contribution in [3.8, 4) is 5.75 Å². The summed E-state index contributed by atoms with van der Waals surface area (Å²) in [4.78, 5) is 13.0. The van der Waals surface area contributed by atoms with E-state index in [2.05, 4.69) is 0 Å². The summed E-state index contributed by atoms with van der Waals surface area (Å²) in [6.45, 7) is 2.82. The molecule has 1 fully saturated rings. The van der Waals surface area contributed by atoms with Gasteiger partial charge >= 0.3 is 0 Å². The highest BCUT2D eigenvalue weighted by molar-refractivity contribution is 5.99. The molecule has 2 rings (SSSR count). The fourth-order valence-electron chi connectivity index (χ4n) is 1.62. The van der Waals surface area contributed by atoms with Crippen LogP contribution in [0.5, 0.6) is 5.75 Å². The lowest BCUT2D eigenvalue weighted by molar-refractivity contribution is -0.122. The number of rotatable bonds is 2. The molecule has 0 aromatic heterocycles. The fraction of sp³-hybridized carbons (Fsp3) is 0.364. The van der Waals surface area contributed by atoms with Crippen LogP contribution in [0.1, 0.15) is 12.0 Å². The van der Waals surface area contributed by atoms with Crippen molar-refractivity contribution in [2.45, 2.75) is 13.3 Å². The molecule has 1 heterocycles. The van der Waals surface area contributed by atoms with E-state index in [0.29, 0.717) is 6.42 Å². The first kappa shape index (κ1) is 9.06. The van der Waals surface area contributed by atoms with Gasteiger partial charge in [0.15, 0.2) is 0 Å². The van der Waals surface area contributed by atoms with E-state index in [-0.39, 0.29) is 5.91 Å². The van der Waals surface area contributed by atoms with Crippen molar-refractivity contribution < 1.29 is 9.53 Å². The van der Waals surface area contributed by atoms with Crippen molar-refractivity contribution in [2.24, 2.45) is 0 Å². The van der Waals surface area contributed by atoms with E-state index < -0.39 is 0 Å². The number of anilines is 1. The Hall–Kier alpha value is -1.51. The summed E-state index contributed by atoms with van der Waals surface area (Å²) < 4.78 is 5.15. The van der Waals surface area contributed by atoms with Crippen LogP contribution in [0.15, 0.2) is 18.2 Å². The Morgan fingerprint density at radius 2 is 2.21 bits per heavy atom. The number of carbonyl (C=O) groups excluding carboxylic acids is 1. The third-order valence-electron chi connectivity index (χ3n) is 2.54. The molecule has 0 N–H and O–H groups in total. The minimum atomic E-state index is 0.203. The number of nitrogens with zero attached hydrogens (tertiary/aromatic N) is 1. The van der Waals surface area contributed by atoms with Gasteiger partial charge in [0.25, 0.3) is 0 Å². The monoisotopic (exact) mass is 191 g/mol. The minimum absolute atomic E-state index is 0.203. The van der Waals surface area contributed by atoms with Gasteiger partial charge in [-0.3, -0.25) is 4.79 Å². The first-order valence-corrected chi connectivity index (χ1v) is 4.67. The van der Waals surface area contributed by atoms with Gasteiger partial charge in [0.05, 0.1) is 7.11 Å². The van der Waals surface area contributed by atoms with Crippen LogP contribution in [0, 0.1) is 6.92 Å². The third kappa shape index (κ3) is 1.35. The molecule has 0 spiro atoms. The second-order valence-electron chi connectivity index (χ2n) is 3.45. The van der Waals surface area contributed by atoms with E-state index in [1.807, 2.05) is 25.1 Å². The average Bonchev–Trinajstić information content (AvgIpc) is 2.16. The van der Waals surface area contributed by atoms with Crippen LogP contribution in [-0.2, 0) is 4.79 Å². The Kier molecular flexibility index (Phi) is 2.15. The van der Waals surface area contributed by atoms with Gasteiger partial charge in [-0.15, -0.1) is 0 Å². The maximum atomic E-state index is 11.2. The summed E-state index contributed by atoms with van der Waals surface area (Å²) in [5.74, 6) is 1.07. The first-order valence-electron chi connectivity index (χ1n) is 4.67. The summed E-state index contributed by atoms with van der Waals surface area (Å²) in [5.41, 5.74) is 2.03. The van der Waals surface area contributed by atoms with Gasteiger partial charge < -0.3 is 9.64 Å². The molecular formula is C11H13NO2. The maximum Gasteiger partial charge on any atom is 0.228 e. The second kappa shape index (κ2) is 3.33. The van der Waals surface area contributed by atoms with Gasteiger partial charge in [-0.25, -0.2) is 0 Å². The summed E-state index contributed by atoms with van der Waals surface area (Å²) in [7, 11) is 1.65. The predicted molar refractivity (Wildman–Crippen MR) is 54.7 cm³/mol. The Balaban J connectivity index is 2.28. The molecule has 74 valence electrons. The molecule has 3 nitrogen and oxygen atoms in total. The highest BCUT2D eigenvalue weighted by Crippen LogP contribution is 2.27. The van der Waals surface area contributed by atoms with Gasteiger partial charge in [0, 0.05) is 18.7 Å². The van der Waals surface area contributed by atoms with E-state index in [1.165, 1.54) is 0 Å². The summed E-state index contributed by atoms with van der Waals surface area (Å²) in [5, 5.41) is 0. The van der Waals surface area contributed by atoms with Gasteiger partial charge in [-0.2, -0.15) is 0 Å². The smallest absolute Gasteiger partial charge is 0.228 e. The first-order chi connectivity index (χ1) is 6.72. The van der Waals surface area contributed by atoms with Crippen molar-refractivity contribution >= 4 is 11.6 Å². The van der Waals surface area contributed by atoms with Crippen LogP contribution in [0.4, 0.5) is 5.69 Å². The molecule has 1 aliphatic rings. The SMILES string of the molecule is COc1ccc(N2CCC2=O)cc1C. The molecule has 0 radical (unpaired) electrons. The number of amides is 1. The van der Waals surface area contributed by atoms with Crippen molar-refractivity contribution in [3.05, 3.63) is 23.8 Å². The number of methoxy groups -OCH3 is 1. The summed E-state index contributed by atoms with van der Waals surface area (Å²) in [6, 6.07) is 5.80. The van der Waals surface area contributed by atoms with E-state index in [9.17, 15) is 4.79 Å². The zero-order valence-corrected chi connectivity index (χ0v) is 8.41. The zero-order valence-electron chi connectivity index (χ0n) is 8.41. The lowest BCUT2D eigenvalue weighted by atomic mass is 10.1. The topological polar surface area (TPSA) is 29.5 Å². The number of β-lactam (4-membered cyclic amide) rings is 1. The highest BCUT2D eigenvalue weighted by Gasteiger charge is 2.25. The fourth-order valence-corrected chi connectivity index (χ4v) is 1.62. The van der Waals surface area contributed by atoms with Crippen LogP contribution < -0.4 is 9.64 Å². The van der Waals surface area contributed by atoms with Crippen molar-refractivity contribution in [1.29, 1.82) is 0 Å².